The van der Waals surface area contributed by atoms with E-state index in [4.69, 9.17) is 4.74 Å². The van der Waals surface area contributed by atoms with E-state index in [0.717, 1.165) is 6.26 Å². The fourth-order valence-electron chi connectivity index (χ4n) is 2.07. The van der Waals surface area contributed by atoms with Crippen molar-refractivity contribution in [2.24, 2.45) is 0 Å². The minimum atomic E-state index is -3.26. The molecular weight excluding hydrogens is 321 g/mol. The van der Waals surface area contributed by atoms with E-state index < -0.39 is 21.8 Å². The largest absolute Gasteiger partial charge is 0.494 e. The molecule has 0 aliphatic rings. The third-order valence-electron chi connectivity index (χ3n) is 3.34. The third-order valence-corrected chi connectivity index (χ3v) is 4.47. The van der Waals surface area contributed by atoms with Crippen LogP contribution >= 0.6 is 0 Å². The molecule has 2 rings (SSSR count). The van der Waals surface area contributed by atoms with Gasteiger partial charge in [-0.3, -0.25) is 0 Å². The molecule has 0 aliphatic heterocycles. The molecule has 0 spiro atoms. The Labute approximate surface area is 134 Å². The maximum atomic E-state index is 13.1. The van der Waals surface area contributed by atoms with Crippen molar-refractivity contribution < 1.29 is 22.7 Å². The molecule has 0 saturated heterocycles. The summed E-state index contributed by atoms with van der Waals surface area (Å²) in [5.74, 6) is -0.0751. The summed E-state index contributed by atoms with van der Waals surface area (Å²) in [6.45, 7) is 0.167. The Hall–Kier alpha value is -2.12. The summed E-state index contributed by atoms with van der Waals surface area (Å²) in [4.78, 5) is 0.196. The number of hydrogen-bond acceptors (Lipinski definition) is 5. The monoisotopic (exact) mass is 339 g/mol. The molecule has 0 radical (unpaired) electrons. The van der Waals surface area contributed by atoms with E-state index in [1.165, 1.54) is 37.4 Å². The van der Waals surface area contributed by atoms with Crippen LogP contribution in [0.15, 0.2) is 47.4 Å². The minimum Gasteiger partial charge on any atom is -0.494 e. The zero-order valence-corrected chi connectivity index (χ0v) is 13.6. The Balaban J connectivity index is 2.06. The van der Waals surface area contributed by atoms with Gasteiger partial charge in [-0.25, -0.2) is 12.8 Å². The van der Waals surface area contributed by atoms with Gasteiger partial charge in [0.15, 0.2) is 9.84 Å². The Morgan fingerprint density at radius 1 is 1.22 bits per heavy atom. The molecule has 0 aromatic heterocycles. The molecule has 0 saturated carbocycles. The van der Waals surface area contributed by atoms with Crippen LogP contribution in [0.4, 0.5) is 10.1 Å². The summed E-state index contributed by atoms with van der Waals surface area (Å²) in [5.41, 5.74) is 1.13. The standard InChI is InChI=1S/C16H18FNO4S/c1-22-16-9-12(17)5-8-14(16)18-10-15(19)11-3-6-13(7-4-11)23(2,20)21/h3-9,15,18-19H,10H2,1-2H3. The van der Waals surface area contributed by atoms with Gasteiger partial charge in [0.25, 0.3) is 0 Å². The van der Waals surface area contributed by atoms with Gasteiger partial charge in [-0.2, -0.15) is 0 Å². The smallest absolute Gasteiger partial charge is 0.175 e. The van der Waals surface area contributed by atoms with E-state index in [1.807, 2.05) is 0 Å². The highest BCUT2D eigenvalue weighted by Crippen LogP contribution is 2.26. The van der Waals surface area contributed by atoms with Crippen LogP contribution < -0.4 is 10.1 Å². The highest BCUT2D eigenvalue weighted by Gasteiger charge is 2.12. The maximum Gasteiger partial charge on any atom is 0.175 e. The number of aliphatic hydroxyl groups excluding tert-OH is 1. The average molecular weight is 339 g/mol. The van der Waals surface area contributed by atoms with Crippen LogP contribution in [0.5, 0.6) is 5.75 Å². The fraction of sp³-hybridized carbons (Fsp3) is 0.250. The minimum absolute atomic E-state index is 0.167. The van der Waals surface area contributed by atoms with Crippen molar-refractivity contribution in [3.8, 4) is 5.75 Å². The predicted molar refractivity (Wildman–Crippen MR) is 86.0 cm³/mol. The molecule has 0 heterocycles. The average Bonchev–Trinajstić information content (AvgIpc) is 2.52. The number of benzene rings is 2. The molecule has 2 aromatic carbocycles. The van der Waals surface area contributed by atoms with Crippen molar-refractivity contribution in [2.45, 2.75) is 11.0 Å². The normalized spacial score (nSPS) is 12.7. The number of methoxy groups -OCH3 is 1. The van der Waals surface area contributed by atoms with Crippen LogP contribution in [0.1, 0.15) is 11.7 Å². The van der Waals surface area contributed by atoms with Gasteiger partial charge in [-0.1, -0.05) is 12.1 Å². The van der Waals surface area contributed by atoms with Crippen molar-refractivity contribution in [1.82, 2.24) is 0 Å². The molecule has 2 N–H and O–H groups in total. The summed E-state index contributed by atoms with van der Waals surface area (Å²) < 4.78 is 41.0. The van der Waals surface area contributed by atoms with Gasteiger partial charge in [-0.05, 0) is 29.8 Å². The Kier molecular flexibility index (Phi) is 5.23. The van der Waals surface area contributed by atoms with Gasteiger partial charge in [0, 0.05) is 18.9 Å². The topological polar surface area (TPSA) is 75.6 Å². The summed E-state index contributed by atoms with van der Waals surface area (Å²) in [5, 5.41) is 13.1. The molecule has 23 heavy (non-hydrogen) atoms. The quantitative estimate of drug-likeness (QED) is 0.845. The van der Waals surface area contributed by atoms with E-state index >= 15 is 0 Å². The second-order valence-electron chi connectivity index (χ2n) is 5.08. The second kappa shape index (κ2) is 6.97. The molecule has 1 unspecified atom stereocenters. The van der Waals surface area contributed by atoms with E-state index in [2.05, 4.69) is 5.32 Å². The van der Waals surface area contributed by atoms with Crippen molar-refractivity contribution in [3.05, 3.63) is 53.8 Å². The van der Waals surface area contributed by atoms with E-state index in [1.54, 1.807) is 12.1 Å². The lowest BCUT2D eigenvalue weighted by molar-refractivity contribution is 0.191. The number of aliphatic hydroxyl groups is 1. The summed E-state index contributed by atoms with van der Waals surface area (Å²) in [6, 6.07) is 10.1. The molecule has 7 heteroatoms. The van der Waals surface area contributed by atoms with Gasteiger partial charge in [-0.15, -0.1) is 0 Å². The molecule has 1 atom stereocenters. The highest BCUT2D eigenvalue weighted by molar-refractivity contribution is 7.90. The van der Waals surface area contributed by atoms with Crippen LogP contribution in [-0.4, -0.2) is 33.4 Å². The van der Waals surface area contributed by atoms with Crippen LogP contribution in [0.3, 0.4) is 0 Å². The molecular formula is C16H18FNO4S. The number of hydrogen-bond donors (Lipinski definition) is 2. The number of sulfone groups is 1. The fourth-order valence-corrected chi connectivity index (χ4v) is 2.70. The van der Waals surface area contributed by atoms with E-state index in [0.29, 0.717) is 17.0 Å². The first-order valence-corrected chi connectivity index (χ1v) is 8.76. The van der Waals surface area contributed by atoms with Crippen LogP contribution in [0.2, 0.25) is 0 Å². The Bertz CT molecular complexity index is 775. The number of halogens is 1. The van der Waals surface area contributed by atoms with E-state index in [-0.39, 0.29) is 11.4 Å². The Morgan fingerprint density at radius 3 is 2.43 bits per heavy atom. The molecule has 0 amide bonds. The van der Waals surface area contributed by atoms with Crippen LogP contribution in [0.25, 0.3) is 0 Å². The lowest BCUT2D eigenvalue weighted by Crippen LogP contribution is -2.13. The molecule has 124 valence electrons. The zero-order valence-electron chi connectivity index (χ0n) is 12.8. The first kappa shape index (κ1) is 17.2. The van der Waals surface area contributed by atoms with Crippen LogP contribution in [0, 0.1) is 5.82 Å². The molecule has 0 fully saturated rings. The van der Waals surface area contributed by atoms with Gasteiger partial charge in [0.1, 0.15) is 11.6 Å². The summed E-state index contributed by atoms with van der Waals surface area (Å²) >= 11 is 0. The summed E-state index contributed by atoms with van der Waals surface area (Å²) in [7, 11) is -1.83. The second-order valence-corrected chi connectivity index (χ2v) is 7.10. The number of ether oxygens (including phenoxy) is 1. The van der Waals surface area contributed by atoms with Gasteiger partial charge in [0.2, 0.25) is 0 Å². The van der Waals surface area contributed by atoms with Crippen molar-refractivity contribution in [1.29, 1.82) is 0 Å². The third kappa shape index (κ3) is 4.43. The molecule has 2 aromatic rings. The lowest BCUT2D eigenvalue weighted by Gasteiger charge is -2.15. The SMILES string of the molecule is COc1cc(F)ccc1NCC(O)c1ccc(S(C)(=O)=O)cc1. The molecule has 0 aliphatic carbocycles. The van der Waals surface area contributed by atoms with Crippen LogP contribution in [-0.2, 0) is 9.84 Å². The Morgan fingerprint density at radius 2 is 1.87 bits per heavy atom. The predicted octanol–water partition coefficient (Wildman–Crippen LogP) is 2.38. The van der Waals surface area contributed by atoms with Gasteiger partial charge in [0.05, 0.1) is 23.8 Å². The number of anilines is 1. The molecule has 0 bridgehead atoms. The number of rotatable bonds is 6. The van der Waals surface area contributed by atoms with E-state index in [9.17, 15) is 17.9 Å². The lowest BCUT2D eigenvalue weighted by atomic mass is 10.1. The highest BCUT2D eigenvalue weighted by atomic mass is 32.2. The summed E-state index contributed by atoms with van der Waals surface area (Å²) in [6.07, 6.45) is 0.277. The van der Waals surface area contributed by atoms with Gasteiger partial charge < -0.3 is 15.2 Å². The zero-order chi connectivity index (χ0) is 17.0. The first-order chi connectivity index (χ1) is 10.8. The molecule has 5 nitrogen and oxygen atoms in total. The number of nitrogens with one attached hydrogen (secondary N) is 1. The van der Waals surface area contributed by atoms with Gasteiger partial charge >= 0.3 is 0 Å². The van der Waals surface area contributed by atoms with Crippen molar-refractivity contribution in [3.63, 3.8) is 0 Å². The van der Waals surface area contributed by atoms with Crippen molar-refractivity contribution >= 4 is 15.5 Å². The maximum absolute atomic E-state index is 13.1. The first-order valence-electron chi connectivity index (χ1n) is 6.87. The van der Waals surface area contributed by atoms with Crippen molar-refractivity contribution in [2.75, 3.05) is 25.2 Å².